The van der Waals surface area contributed by atoms with E-state index in [0.29, 0.717) is 11.4 Å². The minimum atomic E-state index is -3.58. The molecule has 0 saturated carbocycles. The molecule has 0 aliphatic heterocycles. The summed E-state index contributed by atoms with van der Waals surface area (Å²) in [5.74, 6) is 0.476. The smallest absolute Gasteiger partial charge is 0.255 e. The van der Waals surface area contributed by atoms with Crippen LogP contribution in [0.3, 0.4) is 0 Å². The van der Waals surface area contributed by atoms with Gasteiger partial charge in [0.25, 0.3) is 10.0 Å². The number of ether oxygens (including phenoxy) is 1. The van der Waals surface area contributed by atoms with Crippen LogP contribution in [-0.2, 0) is 10.0 Å². The number of nitrogens with one attached hydrogen (secondary N) is 1. The third-order valence-corrected chi connectivity index (χ3v) is 3.60. The molecule has 0 radical (unpaired) electrons. The molecule has 0 atom stereocenters. The fraction of sp³-hybridized carbons (Fsp3) is 0.0667. The first-order valence-corrected chi connectivity index (χ1v) is 7.54. The maximum absolute atomic E-state index is 12.0. The lowest BCUT2D eigenvalue weighted by Gasteiger charge is -2.09. The highest BCUT2D eigenvalue weighted by molar-refractivity contribution is 7.95. The SMILES string of the molecule is COc1ccccc1NS(=O)(=O)/C=C/c1ccccc1. The lowest BCUT2D eigenvalue weighted by molar-refractivity contribution is 0.417. The van der Waals surface area contributed by atoms with Gasteiger partial charge in [-0.05, 0) is 23.8 Å². The van der Waals surface area contributed by atoms with E-state index in [-0.39, 0.29) is 0 Å². The van der Waals surface area contributed by atoms with E-state index in [9.17, 15) is 8.42 Å². The van der Waals surface area contributed by atoms with E-state index in [0.717, 1.165) is 11.0 Å². The molecule has 0 aromatic heterocycles. The molecule has 4 nitrogen and oxygen atoms in total. The van der Waals surface area contributed by atoms with Crippen molar-refractivity contribution < 1.29 is 13.2 Å². The van der Waals surface area contributed by atoms with E-state index in [1.54, 1.807) is 24.3 Å². The Morgan fingerprint density at radius 2 is 1.65 bits per heavy atom. The molecular weight excluding hydrogens is 274 g/mol. The van der Waals surface area contributed by atoms with Crippen LogP contribution in [0.15, 0.2) is 60.0 Å². The maximum Gasteiger partial charge on any atom is 0.255 e. The molecule has 0 bridgehead atoms. The van der Waals surface area contributed by atoms with Gasteiger partial charge in [0.05, 0.1) is 18.2 Å². The number of para-hydroxylation sites is 2. The third kappa shape index (κ3) is 3.86. The van der Waals surface area contributed by atoms with Crippen molar-refractivity contribution in [1.29, 1.82) is 0 Å². The van der Waals surface area contributed by atoms with Crippen LogP contribution in [0.25, 0.3) is 6.08 Å². The number of sulfonamides is 1. The zero-order valence-electron chi connectivity index (χ0n) is 11.0. The van der Waals surface area contributed by atoms with E-state index in [1.807, 2.05) is 30.3 Å². The summed E-state index contributed by atoms with van der Waals surface area (Å²) in [6, 6.07) is 16.1. The van der Waals surface area contributed by atoms with Gasteiger partial charge in [-0.1, -0.05) is 42.5 Å². The Morgan fingerprint density at radius 1 is 1.00 bits per heavy atom. The lowest BCUT2D eigenvalue weighted by atomic mass is 10.2. The Morgan fingerprint density at radius 3 is 2.35 bits per heavy atom. The molecule has 0 saturated heterocycles. The van der Waals surface area contributed by atoms with Crippen LogP contribution < -0.4 is 9.46 Å². The van der Waals surface area contributed by atoms with E-state index in [4.69, 9.17) is 4.74 Å². The highest BCUT2D eigenvalue weighted by Gasteiger charge is 2.09. The van der Waals surface area contributed by atoms with Gasteiger partial charge < -0.3 is 4.74 Å². The van der Waals surface area contributed by atoms with Gasteiger partial charge in [0, 0.05) is 0 Å². The first-order valence-electron chi connectivity index (χ1n) is 6.00. The Hall–Kier alpha value is -2.27. The first kappa shape index (κ1) is 14.1. The van der Waals surface area contributed by atoms with Gasteiger partial charge in [-0.15, -0.1) is 0 Å². The average molecular weight is 289 g/mol. The Labute approximate surface area is 118 Å². The molecule has 2 aromatic carbocycles. The largest absolute Gasteiger partial charge is 0.495 e. The molecule has 5 heteroatoms. The van der Waals surface area contributed by atoms with Crippen molar-refractivity contribution in [2.45, 2.75) is 0 Å². The Bertz CT molecular complexity index is 694. The predicted octanol–water partition coefficient (Wildman–Crippen LogP) is 3.11. The minimum absolute atomic E-state index is 0.410. The molecule has 104 valence electrons. The van der Waals surface area contributed by atoms with Crippen LogP contribution >= 0.6 is 0 Å². The Kier molecular flexibility index (Phi) is 4.42. The topological polar surface area (TPSA) is 55.4 Å². The summed E-state index contributed by atoms with van der Waals surface area (Å²) in [6.45, 7) is 0. The third-order valence-electron chi connectivity index (χ3n) is 2.60. The number of hydrogen-bond donors (Lipinski definition) is 1. The second kappa shape index (κ2) is 6.25. The standard InChI is InChI=1S/C15H15NO3S/c1-19-15-10-6-5-9-14(15)16-20(17,18)12-11-13-7-3-2-4-8-13/h2-12,16H,1H3/b12-11+. The van der Waals surface area contributed by atoms with Crippen molar-refractivity contribution in [1.82, 2.24) is 0 Å². The van der Waals surface area contributed by atoms with Crippen LogP contribution in [0.1, 0.15) is 5.56 Å². The van der Waals surface area contributed by atoms with Gasteiger partial charge in [-0.25, -0.2) is 8.42 Å². The quantitative estimate of drug-likeness (QED) is 0.920. The summed E-state index contributed by atoms with van der Waals surface area (Å²) < 4.78 is 31.5. The van der Waals surface area contributed by atoms with Crippen molar-refractivity contribution in [2.75, 3.05) is 11.8 Å². The van der Waals surface area contributed by atoms with Crippen LogP contribution in [0.5, 0.6) is 5.75 Å². The van der Waals surface area contributed by atoms with Gasteiger partial charge in [-0.2, -0.15) is 0 Å². The summed E-state index contributed by atoms with van der Waals surface area (Å²) in [4.78, 5) is 0. The molecule has 1 N–H and O–H groups in total. The van der Waals surface area contributed by atoms with E-state index >= 15 is 0 Å². The average Bonchev–Trinajstić information content (AvgIpc) is 2.47. The van der Waals surface area contributed by atoms with Gasteiger partial charge in [0.2, 0.25) is 0 Å². The molecule has 0 unspecified atom stereocenters. The molecule has 0 aliphatic carbocycles. The fourth-order valence-corrected chi connectivity index (χ4v) is 2.53. The monoisotopic (exact) mass is 289 g/mol. The first-order chi connectivity index (χ1) is 9.61. The fourth-order valence-electron chi connectivity index (χ4n) is 1.65. The molecule has 0 fully saturated rings. The molecule has 0 aliphatic rings. The Balaban J connectivity index is 2.18. The van der Waals surface area contributed by atoms with E-state index in [2.05, 4.69) is 4.72 Å². The second-order valence-corrected chi connectivity index (χ2v) is 5.63. The molecule has 2 aromatic rings. The summed E-state index contributed by atoms with van der Waals surface area (Å²) >= 11 is 0. The van der Waals surface area contributed by atoms with Crippen LogP contribution in [0, 0.1) is 0 Å². The number of rotatable bonds is 5. The van der Waals surface area contributed by atoms with Crippen molar-refractivity contribution in [3.05, 3.63) is 65.6 Å². The molecule has 0 spiro atoms. The zero-order valence-corrected chi connectivity index (χ0v) is 11.8. The summed E-state index contributed by atoms with van der Waals surface area (Å²) in [7, 11) is -2.08. The van der Waals surface area contributed by atoms with Crippen molar-refractivity contribution in [3.8, 4) is 5.75 Å². The molecule has 20 heavy (non-hydrogen) atoms. The molecular formula is C15H15NO3S. The highest BCUT2D eigenvalue weighted by atomic mass is 32.2. The van der Waals surface area contributed by atoms with E-state index < -0.39 is 10.0 Å². The summed E-state index contributed by atoms with van der Waals surface area (Å²) in [6.07, 6.45) is 1.54. The predicted molar refractivity (Wildman–Crippen MR) is 81.0 cm³/mol. The number of anilines is 1. The molecule has 2 rings (SSSR count). The molecule has 0 heterocycles. The van der Waals surface area contributed by atoms with Crippen LogP contribution in [-0.4, -0.2) is 15.5 Å². The van der Waals surface area contributed by atoms with Crippen molar-refractivity contribution >= 4 is 21.8 Å². The number of benzene rings is 2. The number of hydrogen-bond acceptors (Lipinski definition) is 3. The van der Waals surface area contributed by atoms with Gasteiger partial charge in [0.1, 0.15) is 5.75 Å². The summed E-state index contributed by atoms with van der Waals surface area (Å²) in [5, 5.41) is 1.13. The zero-order chi connectivity index (χ0) is 14.4. The summed E-state index contributed by atoms with van der Waals surface area (Å²) in [5.41, 5.74) is 1.23. The molecule has 0 amide bonds. The van der Waals surface area contributed by atoms with Crippen LogP contribution in [0.2, 0.25) is 0 Å². The maximum atomic E-state index is 12.0. The minimum Gasteiger partial charge on any atom is -0.495 e. The lowest BCUT2D eigenvalue weighted by Crippen LogP contribution is -2.09. The second-order valence-electron chi connectivity index (χ2n) is 4.06. The van der Waals surface area contributed by atoms with E-state index in [1.165, 1.54) is 13.2 Å². The van der Waals surface area contributed by atoms with Crippen molar-refractivity contribution in [2.24, 2.45) is 0 Å². The van der Waals surface area contributed by atoms with Crippen molar-refractivity contribution in [3.63, 3.8) is 0 Å². The van der Waals surface area contributed by atoms with Gasteiger partial charge in [-0.3, -0.25) is 4.72 Å². The number of methoxy groups -OCH3 is 1. The highest BCUT2D eigenvalue weighted by Crippen LogP contribution is 2.24. The normalized spacial score (nSPS) is 11.4. The van der Waals surface area contributed by atoms with Gasteiger partial charge >= 0.3 is 0 Å². The van der Waals surface area contributed by atoms with Crippen LogP contribution in [0.4, 0.5) is 5.69 Å². The van der Waals surface area contributed by atoms with Gasteiger partial charge in [0.15, 0.2) is 0 Å².